The molecule has 0 radical (unpaired) electrons. The van der Waals surface area contributed by atoms with Crippen molar-refractivity contribution in [1.82, 2.24) is 14.1 Å². The molecular formula is C39H30N6. The number of aromatic nitrogens is 3. The van der Waals surface area contributed by atoms with Crippen molar-refractivity contribution in [2.45, 2.75) is 0 Å². The van der Waals surface area contributed by atoms with Crippen molar-refractivity contribution in [1.29, 1.82) is 0 Å². The summed E-state index contributed by atoms with van der Waals surface area (Å²) in [6.45, 7) is -2.04. The molecule has 216 valence electrons. The first kappa shape index (κ1) is 21.6. The van der Waals surface area contributed by atoms with E-state index in [0.717, 1.165) is 55.9 Å². The Balaban J connectivity index is 1.27. The van der Waals surface area contributed by atoms with Crippen LogP contribution < -0.4 is 15.1 Å². The van der Waals surface area contributed by atoms with E-state index in [9.17, 15) is 0 Å². The second-order valence-corrected chi connectivity index (χ2v) is 11.2. The summed E-state index contributed by atoms with van der Waals surface area (Å²) in [5.41, 5.74) is 8.54. The Hall–Kier alpha value is -6.01. The Morgan fingerprint density at radius 3 is 2.31 bits per heavy atom. The lowest BCUT2D eigenvalue weighted by Gasteiger charge is -2.27. The van der Waals surface area contributed by atoms with Crippen LogP contribution >= 0.6 is 0 Å². The van der Waals surface area contributed by atoms with Gasteiger partial charge in [-0.3, -0.25) is 4.57 Å². The molecule has 0 saturated heterocycles. The van der Waals surface area contributed by atoms with Crippen LogP contribution in [0.5, 0.6) is 0 Å². The van der Waals surface area contributed by atoms with Crippen molar-refractivity contribution in [2.75, 3.05) is 21.8 Å². The van der Waals surface area contributed by atoms with Gasteiger partial charge in [0.05, 0.1) is 40.1 Å². The van der Waals surface area contributed by atoms with Crippen LogP contribution in [0.4, 0.5) is 34.1 Å². The monoisotopic (exact) mass is 586 g/mol. The number of nitrogens with one attached hydrogen (secondary N) is 1. The number of aryl methyl sites for hydroxylation is 1. The molecule has 3 heterocycles. The molecule has 0 amide bonds. The van der Waals surface area contributed by atoms with E-state index in [1.807, 2.05) is 89.5 Å². The summed E-state index contributed by atoms with van der Waals surface area (Å²) in [4.78, 5) is 9.28. The highest BCUT2D eigenvalue weighted by atomic mass is 15.3. The average Bonchev–Trinajstić information content (AvgIpc) is 3.78. The lowest BCUT2D eigenvalue weighted by molar-refractivity contribution is 0.870. The van der Waals surface area contributed by atoms with Crippen LogP contribution in [0, 0.1) is 0 Å². The number of imidazole rings is 1. The van der Waals surface area contributed by atoms with Crippen LogP contribution in [0.3, 0.4) is 0 Å². The topological polar surface area (TPSA) is 41.3 Å². The van der Waals surface area contributed by atoms with Gasteiger partial charge in [0, 0.05) is 44.6 Å². The van der Waals surface area contributed by atoms with E-state index in [2.05, 4.69) is 64.4 Å². The predicted molar refractivity (Wildman–Crippen MR) is 187 cm³/mol. The normalized spacial score (nSPS) is 14.4. The zero-order valence-electron chi connectivity index (χ0n) is 28.2. The van der Waals surface area contributed by atoms with E-state index in [1.54, 1.807) is 6.07 Å². The lowest BCUT2D eigenvalue weighted by atomic mass is 10.1. The Kier molecular flexibility index (Phi) is 4.82. The highest BCUT2D eigenvalue weighted by Crippen LogP contribution is 2.42. The molecule has 1 aliphatic rings. The highest BCUT2D eigenvalue weighted by molar-refractivity contribution is 6.10. The number of hydrogen-bond donors (Lipinski definition) is 1. The molecule has 45 heavy (non-hydrogen) atoms. The average molecular weight is 587 g/mol. The van der Waals surface area contributed by atoms with E-state index < -0.39 is 6.98 Å². The van der Waals surface area contributed by atoms with Gasteiger partial charge < -0.3 is 19.7 Å². The quantitative estimate of drug-likeness (QED) is 0.218. The minimum absolute atomic E-state index is 0.338. The first-order valence-corrected chi connectivity index (χ1v) is 15.0. The van der Waals surface area contributed by atoms with E-state index in [-0.39, 0.29) is 0 Å². The minimum atomic E-state index is -2.46. The molecular weight excluding hydrogens is 552 g/mol. The number of rotatable bonds is 5. The van der Waals surface area contributed by atoms with Gasteiger partial charge in [-0.05, 0) is 72.8 Å². The Morgan fingerprint density at radius 2 is 1.40 bits per heavy atom. The van der Waals surface area contributed by atoms with Crippen LogP contribution in [0.15, 0.2) is 146 Å². The standard InChI is InChI=1S/C39H30N6/c1-42-36-20-9-7-18-34(36)41-39(42)45-35-19-8-5-16-31(35)32-23-22-30(25-38(32)45)44(27-12-3-2-4-13-27)29-15-11-14-28(24-29)43-26-40-33-17-6-10-21-37(33)43/h2-25,40H,26H2,1H3/i1D3/hD. The van der Waals surface area contributed by atoms with Gasteiger partial charge in [-0.1, -0.05) is 72.8 Å². The molecule has 6 aromatic carbocycles. The van der Waals surface area contributed by atoms with E-state index in [1.165, 1.54) is 9.88 Å². The minimum Gasteiger partial charge on any atom is -0.366 e. The second kappa shape index (κ2) is 10.0. The molecule has 6 nitrogen and oxygen atoms in total. The molecule has 6 heteroatoms. The van der Waals surface area contributed by atoms with Crippen molar-refractivity contribution in [3.05, 3.63) is 146 Å². The van der Waals surface area contributed by atoms with Gasteiger partial charge in [-0.15, -0.1) is 0 Å². The van der Waals surface area contributed by atoms with Crippen molar-refractivity contribution >= 4 is 67.0 Å². The fourth-order valence-electron chi connectivity index (χ4n) is 6.57. The SMILES string of the molecule is [2H]N1CN(c2cccc(N(c3ccccc3)c3ccc4c5ccccc5n(-c5nc6ccccc6n5C([2H])([2H])[2H])c4c3)c2)c2ccccc21. The Labute approximate surface area is 266 Å². The summed E-state index contributed by atoms with van der Waals surface area (Å²) in [7, 11) is 0. The predicted octanol–water partition coefficient (Wildman–Crippen LogP) is 9.66. The molecule has 8 aromatic rings. The molecule has 0 atom stereocenters. The summed E-state index contributed by atoms with van der Waals surface area (Å²) in [6.07, 6.45) is 0. The maximum absolute atomic E-state index is 8.54. The first-order chi connectivity index (χ1) is 23.9. The second-order valence-electron chi connectivity index (χ2n) is 11.2. The van der Waals surface area contributed by atoms with Gasteiger partial charge in [0.15, 0.2) is 1.41 Å². The third-order valence-corrected chi connectivity index (χ3v) is 8.63. The fraction of sp³-hybridized carbons (Fsp3) is 0.0513. The van der Waals surface area contributed by atoms with E-state index >= 15 is 0 Å². The molecule has 1 aliphatic heterocycles. The van der Waals surface area contributed by atoms with Crippen LogP contribution in [0.1, 0.15) is 4.11 Å². The zero-order chi connectivity index (χ0) is 33.3. The van der Waals surface area contributed by atoms with Gasteiger partial charge in [0.2, 0.25) is 5.95 Å². The zero-order valence-corrected chi connectivity index (χ0v) is 24.2. The maximum atomic E-state index is 8.54. The fourth-order valence-corrected chi connectivity index (χ4v) is 6.57. The van der Waals surface area contributed by atoms with Crippen molar-refractivity contribution in [2.24, 2.45) is 6.98 Å². The van der Waals surface area contributed by atoms with Crippen molar-refractivity contribution < 1.29 is 5.52 Å². The summed E-state index contributed by atoms with van der Waals surface area (Å²) in [5, 5.41) is 3.51. The van der Waals surface area contributed by atoms with E-state index in [4.69, 9.17) is 10.5 Å². The third-order valence-electron chi connectivity index (χ3n) is 8.63. The number of para-hydroxylation sites is 6. The molecule has 9 rings (SSSR count). The Morgan fingerprint density at radius 1 is 0.667 bits per heavy atom. The van der Waals surface area contributed by atoms with Crippen molar-refractivity contribution in [3.63, 3.8) is 0 Å². The van der Waals surface area contributed by atoms with Gasteiger partial charge in [0.1, 0.15) is 0 Å². The summed E-state index contributed by atoms with van der Waals surface area (Å²) < 4.78 is 37.5. The summed E-state index contributed by atoms with van der Waals surface area (Å²) in [5.74, 6) is 0.338. The van der Waals surface area contributed by atoms with Gasteiger partial charge >= 0.3 is 0 Å². The van der Waals surface area contributed by atoms with Gasteiger partial charge in [-0.2, -0.15) is 0 Å². The molecule has 0 fully saturated rings. The number of fused-ring (bicyclic) bond motifs is 5. The molecule has 0 aliphatic carbocycles. The molecule has 0 bridgehead atoms. The van der Waals surface area contributed by atoms with Crippen LogP contribution in [0.2, 0.25) is 1.41 Å². The largest absolute Gasteiger partial charge is 0.366 e. The van der Waals surface area contributed by atoms with Crippen LogP contribution in [-0.2, 0) is 6.98 Å². The van der Waals surface area contributed by atoms with E-state index in [0.29, 0.717) is 23.7 Å². The maximum Gasteiger partial charge on any atom is 0.215 e. The summed E-state index contributed by atoms with van der Waals surface area (Å²) >= 11 is 0. The Bertz CT molecular complexity index is 2520. The third kappa shape index (κ3) is 3.99. The molecule has 2 aromatic heterocycles. The number of benzene rings is 6. The molecule has 0 saturated carbocycles. The van der Waals surface area contributed by atoms with Gasteiger partial charge in [0.25, 0.3) is 0 Å². The number of anilines is 6. The molecule has 0 spiro atoms. The van der Waals surface area contributed by atoms with Crippen LogP contribution in [0.25, 0.3) is 38.8 Å². The summed E-state index contributed by atoms with van der Waals surface area (Å²) in [6, 6.07) is 48.3. The van der Waals surface area contributed by atoms with Crippen LogP contribution in [-0.4, -0.2) is 20.8 Å². The van der Waals surface area contributed by atoms with Gasteiger partial charge in [-0.25, -0.2) is 4.98 Å². The number of hydrogen-bond acceptors (Lipinski definition) is 4. The number of nitrogens with zero attached hydrogens (tertiary/aromatic N) is 5. The highest BCUT2D eigenvalue weighted by Gasteiger charge is 2.22. The first-order valence-electron chi connectivity index (χ1n) is 16.9. The lowest BCUT2D eigenvalue weighted by Crippen LogP contribution is -2.17. The molecule has 0 unspecified atom stereocenters. The van der Waals surface area contributed by atoms with Crippen molar-refractivity contribution in [3.8, 4) is 5.95 Å². The smallest absolute Gasteiger partial charge is 0.215 e. The molecule has 1 N–H and O–H groups in total.